The molecule has 3 rings (SSSR count). The van der Waals surface area contributed by atoms with Crippen LogP contribution >= 0.6 is 0 Å². The van der Waals surface area contributed by atoms with E-state index in [9.17, 15) is 0 Å². The lowest BCUT2D eigenvalue weighted by Crippen LogP contribution is -2.31. The van der Waals surface area contributed by atoms with Crippen LogP contribution in [-0.2, 0) is 0 Å². The molecule has 0 amide bonds. The topological polar surface area (TPSA) is 36.9 Å². The molecule has 166 valence electrons. The van der Waals surface area contributed by atoms with E-state index < -0.39 is 16.6 Å². The molecule has 0 saturated heterocycles. The van der Waals surface area contributed by atoms with Gasteiger partial charge in [0.2, 0.25) is 0 Å². The van der Waals surface area contributed by atoms with Gasteiger partial charge in [0.05, 0.1) is 0 Å². The van der Waals surface area contributed by atoms with Crippen molar-refractivity contribution in [2.45, 2.75) is 26.2 Å². The second kappa shape index (κ2) is 9.93. The Labute approximate surface area is 193 Å². The van der Waals surface area contributed by atoms with Crippen LogP contribution in [-0.4, -0.2) is 16.6 Å². The van der Waals surface area contributed by atoms with Gasteiger partial charge in [-0.1, -0.05) is 29.6 Å². The Bertz CT molecular complexity index is 1010. The molecule has 0 unspecified atom stereocenters. The molecule has 4 nitrogen and oxygen atoms in total. The van der Waals surface area contributed by atoms with E-state index in [1.165, 1.54) is 0 Å². The van der Waals surface area contributed by atoms with E-state index in [0.717, 1.165) is 11.5 Å². The summed E-state index contributed by atoms with van der Waals surface area (Å²) in [5, 5.41) is 0. The first-order chi connectivity index (χ1) is 15.2. The smallest absolute Gasteiger partial charge is 0.269 e. The van der Waals surface area contributed by atoms with Crippen LogP contribution < -0.4 is 18.3 Å². The van der Waals surface area contributed by atoms with Crippen LogP contribution in [0.15, 0.2) is 97.4 Å². The number of hydrogen-bond donors (Lipinski definition) is 0. The van der Waals surface area contributed by atoms with E-state index in [1.807, 2.05) is 84.2 Å². The van der Waals surface area contributed by atoms with Gasteiger partial charge in [-0.05, 0) is 62.6 Å². The van der Waals surface area contributed by atoms with Crippen LogP contribution in [0, 0.1) is 0 Å². The second-order valence-electron chi connectivity index (χ2n) is 8.45. The normalized spacial score (nSPS) is 11.4. The summed E-state index contributed by atoms with van der Waals surface area (Å²) >= 11 is 0. The molecular weight excluding hydrogens is 432 g/mol. The van der Waals surface area contributed by atoms with E-state index in [2.05, 4.69) is 39.3 Å². The van der Waals surface area contributed by atoms with E-state index in [1.54, 1.807) is 0 Å². The van der Waals surface area contributed by atoms with E-state index >= 15 is 0 Å². The molecular formula is C26H30O4Si2. The SMILES string of the molecule is C=C[Si](C)(C)Oc1cccc(Oc2cccc(Oc3cccc(O[Si](C)(C)C=C)c3)c2)c1. The van der Waals surface area contributed by atoms with Gasteiger partial charge in [0.25, 0.3) is 16.6 Å². The molecule has 6 heteroatoms. The third kappa shape index (κ3) is 6.90. The maximum atomic E-state index is 6.09. The molecule has 0 radical (unpaired) electrons. The van der Waals surface area contributed by atoms with Gasteiger partial charge in [0.1, 0.15) is 34.5 Å². The van der Waals surface area contributed by atoms with Gasteiger partial charge in [0.15, 0.2) is 0 Å². The number of hydrogen-bond acceptors (Lipinski definition) is 4. The van der Waals surface area contributed by atoms with Gasteiger partial charge in [0, 0.05) is 18.2 Å². The molecule has 0 fully saturated rings. The van der Waals surface area contributed by atoms with Crippen molar-refractivity contribution in [1.82, 2.24) is 0 Å². The molecule has 32 heavy (non-hydrogen) atoms. The summed E-state index contributed by atoms with van der Waals surface area (Å²) < 4.78 is 24.3. The van der Waals surface area contributed by atoms with Crippen molar-refractivity contribution in [2.24, 2.45) is 0 Å². The lowest BCUT2D eigenvalue weighted by atomic mass is 10.3. The predicted octanol–water partition coefficient (Wildman–Crippen LogP) is 7.89. The molecule has 0 aromatic heterocycles. The zero-order valence-electron chi connectivity index (χ0n) is 19.1. The predicted molar refractivity (Wildman–Crippen MR) is 136 cm³/mol. The van der Waals surface area contributed by atoms with E-state index in [-0.39, 0.29) is 0 Å². The Hall–Kier alpha value is -3.23. The summed E-state index contributed by atoms with van der Waals surface area (Å²) in [6.45, 7) is 16.1. The molecule has 0 heterocycles. The Morgan fingerprint density at radius 2 is 0.812 bits per heavy atom. The quantitative estimate of drug-likeness (QED) is 0.287. The monoisotopic (exact) mass is 462 g/mol. The van der Waals surface area contributed by atoms with Crippen molar-refractivity contribution < 1.29 is 18.3 Å². The van der Waals surface area contributed by atoms with Gasteiger partial charge in [-0.3, -0.25) is 0 Å². The second-order valence-corrected chi connectivity index (χ2v) is 16.1. The Balaban J connectivity index is 1.72. The lowest BCUT2D eigenvalue weighted by molar-refractivity contribution is 0.456. The highest BCUT2D eigenvalue weighted by Crippen LogP contribution is 2.32. The minimum Gasteiger partial charge on any atom is -0.540 e. The van der Waals surface area contributed by atoms with Crippen molar-refractivity contribution in [3.63, 3.8) is 0 Å². The van der Waals surface area contributed by atoms with Gasteiger partial charge < -0.3 is 18.3 Å². The zero-order chi connectivity index (χ0) is 23.2. The molecule has 0 aliphatic carbocycles. The fraction of sp³-hybridized carbons (Fsp3) is 0.154. The van der Waals surface area contributed by atoms with Crippen LogP contribution in [0.5, 0.6) is 34.5 Å². The standard InChI is InChI=1S/C26H30O4Si2/c1-7-31(3,4)29-25-16-10-14-23(19-25)27-21-12-9-13-22(18-21)28-24-15-11-17-26(20-24)30-32(5,6)8-2/h7-20H,1-2H2,3-6H3. The number of ether oxygens (including phenoxy) is 2. The summed E-state index contributed by atoms with van der Waals surface area (Å²) in [6, 6.07) is 22.8. The highest BCUT2D eigenvalue weighted by atomic mass is 28.4. The lowest BCUT2D eigenvalue weighted by Gasteiger charge is -2.20. The molecule has 0 aliphatic rings. The summed E-state index contributed by atoms with van der Waals surface area (Å²) in [6.07, 6.45) is 0. The van der Waals surface area contributed by atoms with Gasteiger partial charge >= 0.3 is 0 Å². The third-order valence-electron chi connectivity index (χ3n) is 4.63. The Kier molecular flexibility index (Phi) is 7.27. The molecule has 3 aromatic rings. The summed E-state index contributed by atoms with van der Waals surface area (Å²) in [5.41, 5.74) is 3.81. The summed E-state index contributed by atoms with van der Waals surface area (Å²) in [7, 11) is -3.87. The van der Waals surface area contributed by atoms with Crippen molar-refractivity contribution >= 4 is 16.6 Å². The molecule has 0 saturated carbocycles. The summed E-state index contributed by atoms with van der Waals surface area (Å²) in [4.78, 5) is 0. The molecule has 0 spiro atoms. The van der Waals surface area contributed by atoms with E-state index in [4.69, 9.17) is 18.3 Å². The highest BCUT2D eigenvalue weighted by molar-refractivity contribution is 6.77. The molecule has 3 aromatic carbocycles. The first-order valence-electron chi connectivity index (χ1n) is 10.5. The maximum Gasteiger partial charge on any atom is 0.269 e. The third-order valence-corrected chi connectivity index (χ3v) is 8.12. The van der Waals surface area contributed by atoms with Crippen molar-refractivity contribution in [2.75, 3.05) is 0 Å². The fourth-order valence-corrected chi connectivity index (χ4v) is 4.40. The van der Waals surface area contributed by atoms with Crippen molar-refractivity contribution in [3.05, 3.63) is 97.4 Å². The number of rotatable bonds is 10. The Morgan fingerprint density at radius 3 is 1.12 bits per heavy atom. The van der Waals surface area contributed by atoms with Crippen molar-refractivity contribution in [1.29, 1.82) is 0 Å². The van der Waals surface area contributed by atoms with Crippen LogP contribution in [0.25, 0.3) is 0 Å². The largest absolute Gasteiger partial charge is 0.540 e. The molecule has 0 N–H and O–H groups in total. The minimum absolute atomic E-state index is 0.674. The van der Waals surface area contributed by atoms with Crippen LogP contribution in [0.2, 0.25) is 26.2 Å². The van der Waals surface area contributed by atoms with Crippen LogP contribution in [0.3, 0.4) is 0 Å². The van der Waals surface area contributed by atoms with Gasteiger partial charge in [-0.2, -0.15) is 0 Å². The van der Waals surface area contributed by atoms with Crippen LogP contribution in [0.4, 0.5) is 0 Å². The van der Waals surface area contributed by atoms with Gasteiger partial charge in [-0.15, -0.1) is 13.2 Å². The first kappa shape index (κ1) is 23.4. The molecule has 0 atom stereocenters. The highest BCUT2D eigenvalue weighted by Gasteiger charge is 2.20. The zero-order valence-corrected chi connectivity index (χ0v) is 21.1. The van der Waals surface area contributed by atoms with Crippen LogP contribution in [0.1, 0.15) is 0 Å². The number of benzene rings is 3. The molecule has 0 bridgehead atoms. The van der Waals surface area contributed by atoms with Crippen molar-refractivity contribution in [3.8, 4) is 34.5 Å². The average molecular weight is 463 g/mol. The average Bonchev–Trinajstić information content (AvgIpc) is 2.74. The minimum atomic E-state index is -1.93. The Morgan fingerprint density at radius 1 is 0.531 bits per heavy atom. The fourth-order valence-electron chi connectivity index (χ4n) is 2.77. The van der Waals surface area contributed by atoms with E-state index in [0.29, 0.717) is 23.0 Å². The maximum absolute atomic E-state index is 6.09. The first-order valence-corrected chi connectivity index (χ1v) is 16.5. The molecule has 0 aliphatic heterocycles. The summed E-state index contributed by atoms with van der Waals surface area (Å²) in [5.74, 6) is 4.28. The van der Waals surface area contributed by atoms with Gasteiger partial charge in [-0.25, -0.2) is 0 Å².